The number of carbonyl (C=O) groups excluding carboxylic acids is 1. The van der Waals surface area contributed by atoms with Crippen LogP contribution in [0.2, 0.25) is 0 Å². The fourth-order valence-electron chi connectivity index (χ4n) is 5.62. The van der Waals surface area contributed by atoms with Crippen LogP contribution in [0, 0.1) is 28.5 Å². The summed E-state index contributed by atoms with van der Waals surface area (Å²) < 4.78 is 13.6. The predicted molar refractivity (Wildman–Crippen MR) is 109 cm³/mol. The summed E-state index contributed by atoms with van der Waals surface area (Å²) >= 11 is 0. The summed E-state index contributed by atoms with van der Waals surface area (Å²) in [6, 6.07) is 6.69. The molecule has 0 bridgehead atoms. The number of nitrogens with zero attached hydrogens (tertiary/aromatic N) is 4. The molecule has 0 aromatic heterocycles. The number of oxime groups is 1. The summed E-state index contributed by atoms with van der Waals surface area (Å²) in [5.41, 5.74) is 1.74. The lowest BCUT2D eigenvalue weighted by Crippen LogP contribution is -2.48. The lowest BCUT2D eigenvalue weighted by molar-refractivity contribution is -0.123. The van der Waals surface area contributed by atoms with Gasteiger partial charge in [-0.1, -0.05) is 23.4 Å². The largest absolute Gasteiger partial charge is 0.391 e. The lowest BCUT2D eigenvalue weighted by Gasteiger charge is -2.42. The Labute approximate surface area is 175 Å². The molecule has 3 heterocycles. The van der Waals surface area contributed by atoms with Gasteiger partial charge in [0.15, 0.2) is 5.71 Å². The summed E-state index contributed by atoms with van der Waals surface area (Å²) in [4.78, 5) is 22.9. The van der Waals surface area contributed by atoms with Crippen LogP contribution < -0.4 is 0 Å². The maximum atomic E-state index is 13.6. The number of amides is 1. The second kappa shape index (κ2) is 7.51. The molecule has 4 aliphatic rings. The first-order valence-corrected chi connectivity index (χ1v) is 10.7. The predicted octanol–water partition coefficient (Wildman–Crippen LogP) is 2.84. The number of likely N-dealkylation sites (tertiary alicyclic amines) is 1. The number of fused-ring (bicyclic) bond motifs is 2. The molecule has 156 valence electrons. The Hall–Kier alpha value is -2.72. The van der Waals surface area contributed by atoms with Crippen molar-refractivity contribution < 1.29 is 14.0 Å². The first-order valence-electron chi connectivity index (χ1n) is 10.7. The summed E-state index contributed by atoms with van der Waals surface area (Å²) in [5.74, 6) is -0.364. The average molecular weight is 408 g/mol. The van der Waals surface area contributed by atoms with Crippen molar-refractivity contribution in [3.05, 3.63) is 47.3 Å². The molecule has 1 spiro atoms. The van der Waals surface area contributed by atoms with E-state index in [1.807, 2.05) is 23.1 Å². The van der Waals surface area contributed by atoms with Crippen LogP contribution in [0.5, 0.6) is 0 Å². The van der Waals surface area contributed by atoms with E-state index in [0.29, 0.717) is 25.3 Å². The number of nitriles is 1. The van der Waals surface area contributed by atoms with Crippen LogP contribution in [-0.2, 0) is 16.2 Å². The van der Waals surface area contributed by atoms with Crippen LogP contribution in [0.1, 0.15) is 36.8 Å². The third-order valence-electron chi connectivity index (χ3n) is 7.27. The molecule has 1 saturated heterocycles. The quantitative estimate of drug-likeness (QED) is 0.722. The zero-order valence-electron chi connectivity index (χ0n) is 16.9. The Morgan fingerprint density at radius 1 is 1.27 bits per heavy atom. The smallest absolute Gasteiger partial charge is 0.272 e. The second-order valence-corrected chi connectivity index (χ2v) is 8.88. The first-order chi connectivity index (χ1) is 14.6. The molecule has 1 aromatic carbocycles. The maximum absolute atomic E-state index is 13.6. The number of piperidine rings is 1. The van der Waals surface area contributed by atoms with Crippen molar-refractivity contribution in [2.24, 2.45) is 16.5 Å². The van der Waals surface area contributed by atoms with Crippen molar-refractivity contribution in [1.82, 2.24) is 9.80 Å². The molecule has 0 N–H and O–H groups in total. The van der Waals surface area contributed by atoms with Gasteiger partial charge in [0, 0.05) is 19.6 Å². The van der Waals surface area contributed by atoms with Crippen molar-refractivity contribution in [2.75, 3.05) is 26.2 Å². The highest BCUT2D eigenvalue weighted by Crippen LogP contribution is 2.54. The van der Waals surface area contributed by atoms with Crippen LogP contribution in [-0.4, -0.2) is 53.7 Å². The molecule has 0 unspecified atom stereocenters. The van der Waals surface area contributed by atoms with Gasteiger partial charge in [0.1, 0.15) is 18.0 Å². The number of carbonyl (C=O) groups is 1. The van der Waals surface area contributed by atoms with E-state index >= 15 is 0 Å². The van der Waals surface area contributed by atoms with Gasteiger partial charge in [0.05, 0.1) is 11.5 Å². The van der Waals surface area contributed by atoms with Crippen LogP contribution in [0.25, 0.3) is 0 Å². The van der Waals surface area contributed by atoms with Gasteiger partial charge in [-0.15, -0.1) is 0 Å². The molecule has 0 radical (unpaired) electrons. The third kappa shape index (κ3) is 3.20. The van der Waals surface area contributed by atoms with E-state index in [0.717, 1.165) is 44.3 Å². The fourth-order valence-corrected chi connectivity index (χ4v) is 5.62. The number of hydrogen-bond acceptors (Lipinski definition) is 5. The summed E-state index contributed by atoms with van der Waals surface area (Å²) in [7, 11) is 0. The Morgan fingerprint density at radius 2 is 2.03 bits per heavy atom. The Bertz CT molecular complexity index is 950. The first kappa shape index (κ1) is 19.3. The molecule has 3 aliphatic heterocycles. The van der Waals surface area contributed by atoms with Gasteiger partial charge < -0.3 is 9.74 Å². The number of halogens is 1. The Morgan fingerprint density at radius 3 is 2.77 bits per heavy atom. The van der Waals surface area contributed by atoms with E-state index in [9.17, 15) is 9.18 Å². The monoisotopic (exact) mass is 408 g/mol. The van der Waals surface area contributed by atoms with E-state index in [2.05, 4.69) is 10.1 Å². The van der Waals surface area contributed by atoms with Gasteiger partial charge in [-0.05, 0) is 61.9 Å². The normalized spacial score (nSPS) is 27.1. The highest BCUT2D eigenvalue weighted by molar-refractivity contribution is 6.40. The summed E-state index contributed by atoms with van der Waals surface area (Å²) in [6.07, 6.45) is 8.07. The van der Waals surface area contributed by atoms with Crippen molar-refractivity contribution in [1.29, 1.82) is 5.26 Å². The summed E-state index contributed by atoms with van der Waals surface area (Å²) in [6.45, 7) is 3.83. The van der Waals surface area contributed by atoms with Crippen LogP contribution in [0.15, 0.2) is 35.5 Å². The molecule has 1 aromatic rings. The minimum atomic E-state index is -0.471. The van der Waals surface area contributed by atoms with E-state index in [1.165, 1.54) is 6.07 Å². The zero-order valence-corrected chi connectivity index (χ0v) is 16.9. The molecule has 5 rings (SSSR count). The number of benzene rings is 1. The van der Waals surface area contributed by atoms with Crippen molar-refractivity contribution in [2.45, 2.75) is 38.3 Å². The van der Waals surface area contributed by atoms with Gasteiger partial charge in [-0.2, -0.15) is 5.26 Å². The van der Waals surface area contributed by atoms with Crippen LogP contribution in [0.3, 0.4) is 0 Å². The lowest BCUT2D eigenvalue weighted by atomic mass is 9.68. The molecule has 1 aliphatic carbocycles. The molecular weight excluding hydrogens is 383 g/mol. The SMILES string of the molecule is N#Cc1cc(CN2CCC3(CC[C@@H]4ON=C(C(=O)N5CC=CC5)[C@@H]43)CC2)ccc1F. The van der Waals surface area contributed by atoms with Crippen molar-refractivity contribution in [3.8, 4) is 6.07 Å². The van der Waals surface area contributed by atoms with E-state index in [4.69, 9.17) is 10.1 Å². The Balaban J connectivity index is 1.26. The standard InChI is InChI=1S/C23H25FN4O2/c24-18-4-3-16(13-17(18)14-25)15-27-11-7-23(8-12-27)6-5-19-20(23)21(26-30-19)22(29)28-9-1-2-10-28/h1-4,13,19-20H,5-12,15H2/t19-,20+/m0/s1. The van der Waals surface area contributed by atoms with E-state index in [-0.39, 0.29) is 28.9 Å². The molecular formula is C23H25FN4O2. The topological polar surface area (TPSA) is 68.9 Å². The van der Waals surface area contributed by atoms with Gasteiger partial charge in [-0.3, -0.25) is 9.69 Å². The van der Waals surface area contributed by atoms with Gasteiger partial charge >= 0.3 is 0 Å². The molecule has 1 amide bonds. The number of rotatable bonds is 3. The zero-order chi connectivity index (χ0) is 20.7. The number of hydrogen-bond donors (Lipinski definition) is 0. The third-order valence-corrected chi connectivity index (χ3v) is 7.27. The summed E-state index contributed by atoms with van der Waals surface area (Å²) in [5, 5.41) is 13.3. The van der Waals surface area contributed by atoms with Gasteiger partial charge in [0.25, 0.3) is 5.91 Å². The molecule has 7 heteroatoms. The van der Waals surface area contributed by atoms with E-state index in [1.54, 1.807) is 12.1 Å². The second-order valence-electron chi connectivity index (χ2n) is 8.88. The molecule has 2 atom stereocenters. The Kier molecular flexibility index (Phi) is 4.82. The minimum Gasteiger partial charge on any atom is -0.391 e. The fraction of sp³-hybridized carbons (Fsp3) is 0.522. The van der Waals surface area contributed by atoms with Crippen molar-refractivity contribution in [3.63, 3.8) is 0 Å². The van der Waals surface area contributed by atoms with E-state index < -0.39 is 5.82 Å². The highest BCUT2D eigenvalue weighted by Gasteiger charge is 2.57. The molecule has 2 fully saturated rings. The average Bonchev–Trinajstić information content (AvgIpc) is 3.50. The van der Waals surface area contributed by atoms with Gasteiger partial charge in [0.2, 0.25) is 0 Å². The van der Waals surface area contributed by atoms with Crippen LogP contribution >= 0.6 is 0 Å². The molecule has 30 heavy (non-hydrogen) atoms. The van der Waals surface area contributed by atoms with Gasteiger partial charge in [-0.25, -0.2) is 4.39 Å². The van der Waals surface area contributed by atoms with Crippen LogP contribution in [0.4, 0.5) is 4.39 Å². The molecule has 6 nitrogen and oxygen atoms in total. The minimum absolute atomic E-state index is 0.0200. The van der Waals surface area contributed by atoms with Crippen molar-refractivity contribution >= 4 is 11.6 Å². The maximum Gasteiger partial charge on any atom is 0.272 e. The molecule has 1 saturated carbocycles. The highest BCUT2D eigenvalue weighted by atomic mass is 19.1.